The van der Waals surface area contributed by atoms with Crippen LogP contribution in [0.25, 0.3) is 6.08 Å². The summed E-state index contributed by atoms with van der Waals surface area (Å²) in [5.41, 5.74) is 4.95. The quantitative estimate of drug-likeness (QED) is 0.619. The van der Waals surface area contributed by atoms with E-state index in [2.05, 4.69) is 29.2 Å². The molecule has 0 unspecified atom stereocenters. The molecule has 2 aromatic carbocycles. The number of hydrazone groups is 1. The van der Waals surface area contributed by atoms with E-state index in [0.717, 1.165) is 24.9 Å². The maximum atomic E-state index is 12.9. The molecule has 7 nitrogen and oxygen atoms in total. The zero-order valence-corrected chi connectivity index (χ0v) is 17.0. The highest BCUT2D eigenvalue weighted by atomic mass is 32.2. The summed E-state index contributed by atoms with van der Waals surface area (Å²) in [6.07, 6.45) is 3.96. The minimum atomic E-state index is -4.28. The molecule has 4 rings (SSSR count). The van der Waals surface area contributed by atoms with E-state index in [-0.39, 0.29) is 10.8 Å². The number of anilines is 2. The minimum Gasteiger partial charge on any atom is -0.374 e. The second-order valence-electron chi connectivity index (χ2n) is 7.24. The van der Waals surface area contributed by atoms with Gasteiger partial charge in [0, 0.05) is 19.3 Å². The smallest absolute Gasteiger partial charge is 0.294 e. The zero-order valence-electron chi connectivity index (χ0n) is 16.2. The molecule has 2 aliphatic heterocycles. The average Bonchev–Trinajstić information content (AvgIpc) is 2.96. The fourth-order valence-corrected chi connectivity index (χ4v) is 4.16. The molecule has 0 saturated heterocycles. The van der Waals surface area contributed by atoms with Gasteiger partial charge in [-0.25, -0.2) is 0 Å². The number of carbonyl (C=O) groups is 1. The van der Waals surface area contributed by atoms with Gasteiger partial charge in [0.15, 0.2) is 0 Å². The first-order valence-corrected chi connectivity index (χ1v) is 10.7. The van der Waals surface area contributed by atoms with Crippen molar-refractivity contribution < 1.29 is 17.8 Å². The van der Waals surface area contributed by atoms with E-state index in [0.29, 0.717) is 17.0 Å². The van der Waals surface area contributed by atoms with Crippen LogP contribution in [0.15, 0.2) is 58.0 Å². The number of amides is 1. The second-order valence-corrected chi connectivity index (χ2v) is 8.66. The van der Waals surface area contributed by atoms with Crippen molar-refractivity contribution in [3.05, 3.63) is 59.2 Å². The third-order valence-corrected chi connectivity index (χ3v) is 6.08. The fraction of sp³-hybridized carbons (Fsp3) is 0.238. The van der Waals surface area contributed by atoms with Gasteiger partial charge in [0.2, 0.25) is 0 Å². The van der Waals surface area contributed by atoms with Gasteiger partial charge >= 0.3 is 0 Å². The summed E-state index contributed by atoms with van der Waals surface area (Å²) in [5.74, 6) is -0.281. The van der Waals surface area contributed by atoms with E-state index in [1.54, 1.807) is 6.92 Å². The van der Waals surface area contributed by atoms with Crippen molar-refractivity contribution in [1.82, 2.24) is 0 Å². The van der Waals surface area contributed by atoms with E-state index in [1.807, 2.05) is 12.1 Å². The number of aryl methyl sites for hydroxylation is 1. The molecular formula is C21H21N3O4S. The lowest BCUT2D eigenvalue weighted by Crippen LogP contribution is -2.24. The molecule has 0 fully saturated rings. The predicted molar refractivity (Wildman–Crippen MR) is 113 cm³/mol. The first-order chi connectivity index (χ1) is 13.7. The van der Waals surface area contributed by atoms with Crippen molar-refractivity contribution in [2.75, 3.05) is 23.5 Å². The number of rotatable bonds is 3. The molecule has 1 N–H and O–H groups in total. The Balaban J connectivity index is 1.62. The van der Waals surface area contributed by atoms with E-state index in [4.69, 9.17) is 4.55 Å². The highest BCUT2D eigenvalue weighted by Crippen LogP contribution is 2.29. The lowest BCUT2D eigenvalue weighted by molar-refractivity contribution is -0.114. The van der Waals surface area contributed by atoms with E-state index < -0.39 is 10.1 Å². The largest absolute Gasteiger partial charge is 0.374 e. The third kappa shape index (κ3) is 3.68. The maximum Gasteiger partial charge on any atom is 0.294 e. The highest BCUT2D eigenvalue weighted by Gasteiger charge is 2.29. The van der Waals surface area contributed by atoms with Gasteiger partial charge in [0.1, 0.15) is 0 Å². The SMILES string of the molecule is CC1=NN(c2ccc(S(=O)(=O)O)cc2)C(=O)C1=Cc1ccc2c(c1)CCCN2C. The van der Waals surface area contributed by atoms with E-state index in [9.17, 15) is 13.2 Å². The van der Waals surface area contributed by atoms with Gasteiger partial charge in [-0.3, -0.25) is 9.35 Å². The van der Waals surface area contributed by atoms with Crippen LogP contribution < -0.4 is 9.91 Å². The lowest BCUT2D eigenvalue weighted by atomic mass is 9.98. The normalized spacial score (nSPS) is 18.2. The Hall–Kier alpha value is -2.97. The Morgan fingerprint density at radius 3 is 2.55 bits per heavy atom. The van der Waals surface area contributed by atoms with E-state index >= 15 is 0 Å². The maximum absolute atomic E-state index is 12.9. The number of fused-ring (bicyclic) bond motifs is 1. The van der Waals surface area contributed by atoms with Crippen LogP contribution in [0.4, 0.5) is 11.4 Å². The monoisotopic (exact) mass is 411 g/mol. The Labute approximate surface area is 169 Å². The summed E-state index contributed by atoms with van der Waals surface area (Å²) in [5, 5.41) is 5.56. The lowest BCUT2D eigenvalue weighted by Gasteiger charge is -2.27. The number of hydrogen-bond donors (Lipinski definition) is 1. The van der Waals surface area contributed by atoms with Gasteiger partial charge < -0.3 is 4.90 Å². The summed E-state index contributed by atoms with van der Waals surface area (Å²) in [6, 6.07) is 11.6. The molecule has 2 aliphatic rings. The van der Waals surface area contributed by atoms with Gasteiger partial charge in [0.25, 0.3) is 16.0 Å². The van der Waals surface area contributed by atoms with Gasteiger partial charge in [-0.2, -0.15) is 18.5 Å². The average molecular weight is 411 g/mol. The van der Waals surface area contributed by atoms with Crippen LogP contribution in [-0.2, 0) is 21.3 Å². The first-order valence-electron chi connectivity index (χ1n) is 9.27. The summed E-state index contributed by atoms with van der Waals surface area (Å²) >= 11 is 0. The molecule has 0 saturated carbocycles. The second kappa shape index (κ2) is 7.13. The number of hydrogen-bond acceptors (Lipinski definition) is 5. The summed E-state index contributed by atoms with van der Waals surface area (Å²) in [7, 11) is -2.20. The van der Waals surface area contributed by atoms with Crippen LogP contribution in [0.2, 0.25) is 0 Å². The van der Waals surface area contributed by atoms with Crippen LogP contribution in [0.1, 0.15) is 24.5 Å². The van der Waals surface area contributed by atoms with Crippen LogP contribution in [0, 0.1) is 0 Å². The topological polar surface area (TPSA) is 90.3 Å². The van der Waals surface area contributed by atoms with Gasteiger partial charge in [-0.1, -0.05) is 6.07 Å². The molecule has 2 heterocycles. The Morgan fingerprint density at radius 2 is 1.86 bits per heavy atom. The van der Waals surface area contributed by atoms with Gasteiger partial charge in [0.05, 0.1) is 21.9 Å². The van der Waals surface area contributed by atoms with Crippen molar-refractivity contribution in [1.29, 1.82) is 0 Å². The van der Waals surface area contributed by atoms with Gasteiger partial charge in [-0.05, 0) is 73.4 Å². The van der Waals surface area contributed by atoms with Crippen LogP contribution in [0.3, 0.4) is 0 Å². The van der Waals surface area contributed by atoms with Gasteiger partial charge in [-0.15, -0.1) is 0 Å². The van der Waals surface area contributed by atoms with Crippen molar-refractivity contribution in [2.24, 2.45) is 5.10 Å². The molecular weight excluding hydrogens is 390 g/mol. The molecule has 8 heteroatoms. The Morgan fingerprint density at radius 1 is 1.14 bits per heavy atom. The predicted octanol–water partition coefficient (Wildman–Crippen LogP) is 3.12. The molecule has 0 bridgehead atoms. The van der Waals surface area contributed by atoms with Crippen molar-refractivity contribution >= 4 is 39.2 Å². The number of nitrogens with zero attached hydrogens (tertiary/aromatic N) is 3. The Kier molecular flexibility index (Phi) is 4.76. The zero-order chi connectivity index (χ0) is 20.8. The molecule has 0 atom stereocenters. The summed E-state index contributed by atoms with van der Waals surface area (Å²) in [4.78, 5) is 14.9. The standard InChI is InChI=1S/C21H21N3O4S/c1-14-19(13-15-5-10-20-16(12-15)4-3-11-23(20)2)21(25)24(22-14)17-6-8-18(9-7-17)29(26,27)28/h5-10,12-13H,3-4,11H2,1-2H3,(H,26,27,28). The van der Waals surface area contributed by atoms with Crippen LogP contribution in [-0.4, -0.2) is 38.2 Å². The highest BCUT2D eigenvalue weighted by molar-refractivity contribution is 7.85. The summed E-state index contributed by atoms with van der Waals surface area (Å²) in [6.45, 7) is 2.81. The minimum absolute atomic E-state index is 0.233. The molecule has 1 amide bonds. The molecule has 0 aliphatic carbocycles. The van der Waals surface area contributed by atoms with Crippen molar-refractivity contribution in [3.8, 4) is 0 Å². The molecule has 0 spiro atoms. The Bertz CT molecular complexity index is 1150. The summed E-state index contributed by atoms with van der Waals surface area (Å²) < 4.78 is 31.5. The number of carbonyl (C=O) groups excluding carboxylic acids is 1. The number of benzene rings is 2. The molecule has 0 aromatic heterocycles. The van der Waals surface area contributed by atoms with E-state index in [1.165, 1.54) is 40.5 Å². The molecule has 29 heavy (non-hydrogen) atoms. The first kappa shape index (κ1) is 19.4. The fourth-order valence-electron chi connectivity index (χ4n) is 3.68. The van der Waals surface area contributed by atoms with Crippen molar-refractivity contribution in [3.63, 3.8) is 0 Å². The molecule has 0 radical (unpaired) electrons. The molecule has 2 aromatic rings. The molecule has 150 valence electrons. The van der Waals surface area contributed by atoms with Crippen LogP contribution >= 0.6 is 0 Å². The van der Waals surface area contributed by atoms with Crippen molar-refractivity contribution in [2.45, 2.75) is 24.7 Å². The third-order valence-electron chi connectivity index (χ3n) is 5.21. The van der Waals surface area contributed by atoms with Crippen LogP contribution in [0.5, 0.6) is 0 Å².